The van der Waals surface area contributed by atoms with E-state index in [1.807, 2.05) is 38.1 Å². The number of nitrogens with zero attached hydrogens (tertiary/aromatic N) is 1. The van der Waals surface area contributed by atoms with Crippen LogP contribution >= 0.6 is 0 Å². The summed E-state index contributed by atoms with van der Waals surface area (Å²) in [6.07, 6.45) is -0.557. The molecule has 1 saturated heterocycles. The lowest BCUT2D eigenvalue weighted by Gasteiger charge is -2.50. The molecule has 0 bridgehead atoms. The number of likely N-dealkylation sites (tertiary alicyclic amines) is 1. The van der Waals surface area contributed by atoms with E-state index in [1.165, 1.54) is 4.90 Å². The van der Waals surface area contributed by atoms with Crippen molar-refractivity contribution in [3.8, 4) is 11.1 Å². The minimum Gasteiger partial charge on any atom is -0.480 e. The van der Waals surface area contributed by atoms with E-state index in [4.69, 9.17) is 4.74 Å². The molecule has 2 aromatic carbocycles. The maximum atomic E-state index is 12.4. The zero-order chi connectivity index (χ0) is 18.5. The van der Waals surface area contributed by atoms with Gasteiger partial charge in [-0.05, 0) is 22.3 Å². The largest absolute Gasteiger partial charge is 0.480 e. The van der Waals surface area contributed by atoms with Crippen molar-refractivity contribution in [2.45, 2.75) is 25.8 Å². The summed E-state index contributed by atoms with van der Waals surface area (Å²) >= 11 is 0. The van der Waals surface area contributed by atoms with Gasteiger partial charge in [0.05, 0.1) is 0 Å². The van der Waals surface area contributed by atoms with Crippen molar-refractivity contribution in [1.29, 1.82) is 0 Å². The van der Waals surface area contributed by atoms with Crippen LogP contribution in [-0.4, -0.2) is 41.3 Å². The predicted octanol–water partition coefficient (Wildman–Crippen LogP) is 3.73. The first-order chi connectivity index (χ1) is 12.4. The lowest BCUT2D eigenvalue weighted by Crippen LogP contribution is -2.67. The summed E-state index contributed by atoms with van der Waals surface area (Å²) in [6.45, 7) is 4.29. The summed E-state index contributed by atoms with van der Waals surface area (Å²) in [4.78, 5) is 25.2. The van der Waals surface area contributed by atoms with Crippen molar-refractivity contribution in [1.82, 2.24) is 4.90 Å². The molecule has 2 aromatic rings. The number of amides is 1. The van der Waals surface area contributed by atoms with Gasteiger partial charge in [0.25, 0.3) is 0 Å². The van der Waals surface area contributed by atoms with Crippen LogP contribution in [0.4, 0.5) is 4.79 Å². The van der Waals surface area contributed by atoms with Gasteiger partial charge in [-0.15, -0.1) is 0 Å². The Hall–Kier alpha value is -2.82. The second kappa shape index (κ2) is 5.87. The fourth-order valence-corrected chi connectivity index (χ4v) is 4.24. The topological polar surface area (TPSA) is 66.8 Å². The molecule has 1 fully saturated rings. The SMILES string of the molecule is CC1(C)CN(C(=O)OCC2c3ccccc3-c3ccccc32)C1C(=O)O. The molecule has 134 valence electrons. The number of hydrogen-bond acceptors (Lipinski definition) is 3. The lowest BCUT2D eigenvalue weighted by atomic mass is 9.75. The van der Waals surface area contributed by atoms with E-state index < -0.39 is 23.5 Å². The number of carboxylic acid groups (broad SMARTS) is 1. The molecule has 1 aliphatic heterocycles. The standard InChI is InChI=1S/C21H21NO4/c1-21(2)12-22(18(21)19(23)24)20(25)26-11-17-15-9-5-3-7-13(15)14-8-4-6-10-16(14)17/h3-10,17-18H,11-12H2,1-2H3,(H,23,24). The van der Waals surface area contributed by atoms with Crippen molar-refractivity contribution < 1.29 is 19.4 Å². The van der Waals surface area contributed by atoms with E-state index in [1.54, 1.807) is 0 Å². The zero-order valence-electron chi connectivity index (χ0n) is 14.8. The quantitative estimate of drug-likeness (QED) is 0.915. The first-order valence-corrected chi connectivity index (χ1v) is 8.74. The minimum atomic E-state index is -0.991. The van der Waals surface area contributed by atoms with Crippen molar-refractivity contribution in [3.63, 3.8) is 0 Å². The molecular formula is C21H21NO4. The molecule has 5 heteroatoms. The van der Waals surface area contributed by atoms with Crippen LogP contribution < -0.4 is 0 Å². The van der Waals surface area contributed by atoms with Gasteiger partial charge in [-0.25, -0.2) is 9.59 Å². The molecule has 2 aliphatic rings. The molecule has 1 amide bonds. The number of carbonyl (C=O) groups is 2. The summed E-state index contributed by atoms with van der Waals surface area (Å²) in [5, 5.41) is 9.38. The molecule has 0 spiro atoms. The Balaban J connectivity index is 1.52. The zero-order valence-corrected chi connectivity index (χ0v) is 14.8. The van der Waals surface area contributed by atoms with Gasteiger partial charge in [-0.1, -0.05) is 62.4 Å². The molecule has 1 unspecified atom stereocenters. The molecule has 1 N–H and O–H groups in total. The normalized spacial score (nSPS) is 20.1. The molecular weight excluding hydrogens is 330 g/mol. The highest BCUT2D eigenvalue weighted by Crippen LogP contribution is 2.45. The van der Waals surface area contributed by atoms with Gasteiger partial charge >= 0.3 is 12.1 Å². The van der Waals surface area contributed by atoms with Crippen molar-refractivity contribution in [2.24, 2.45) is 5.41 Å². The molecule has 4 rings (SSSR count). The van der Waals surface area contributed by atoms with Crippen LogP contribution in [0, 0.1) is 5.41 Å². The Bertz CT molecular complexity index is 844. The van der Waals surface area contributed by atoms with Crippen LogP contribution in [0.25, 0.3) is 11.1 Å². The highest BCUT2D eigenvalue weighted by atomic mass is 16.6. The van der Waals surface area contributed by atoms with Crippen LogP contribution in [-0.2, 0) is 9.53 Å². The van der Waals surface area contributed by atoms with Gasteiger partial charge in [0, 0.05) is 17.9 Å². The fourth-order valence-electron chi connectivity index (χ4n) is 4.24. The minimum absolute atomic E-state index is 0.0242. The number of carboxylic acids is 1. The number of carbonyl (C=O) groups excluding carboxylic acids is 1. The third-order valence-corrected chi connectivity index (χ3v) is 5.43. The highest BCUT2D eigenvalue weighted by Gasteiger charge is 2.53. The van der Waals surface area contributed by atoms with Crippen LogP contribution in [0.3, 0.4) is 0 Å². The van der Waals surface area contributed by atoms with Gasteiger partial charge in [0.15, 0.2) is 0 Å². The smallest absolute Gasteiger partial charge is 0.410 e. The van der Waals surface area contributed by atoms with Crippen LogP contribution in [0.1, 0.15) is 30.9 Å². The Kier molecular flexibility index (Phi) is 3.75. The molecule has 0 aromatic heterocycles. The number of ether oxygens (including phenoxy) is 1. The van der Waals surface area contributed by atoms with Crippen LogP contribution in [0.2, 0.25) is 0 Å². The Morgan fingerprint density at radius 3 is 2.12 bits per heavy atom. The maximum absolute atomic E-state index is 12.4. The van der Waals surface area contributed by atoms with Crippen molar-refractivity contribution in [2.75, 3.05) is 13.2 Å². The number of rotatable bonds is 3. The van der Waals surface area contributed by atoms with Crippen molar-refractivity contribution in [3.05, 3.63) is 59.7 Å². The number of fused-ring (bicyclic) bond motifs is 3. The van der Waals surface area contributed by atoms with Gasteiger partial charge in [0.1, 0.15) is 12.6 Å². The first-order valence-electron chi connectivity index (χ1n) is 8.74. The van der Waals surface area contributed by atoms with Gasteiger partial charge in [0.2, 0.25) is 0 Å². The maximum Gasteiger partial charge on any atom is 0.410 e. The first kappa shape index (κ1) is 16.6. The molecule has 1 aliphatic carbocycles. The molecule has 0 saturated carbocycles. The lowest BCUT2D eigenvalue weighted by molar-refractivity contribution is -0.158. The highest BCUT2D eigenvalue weighted by molar-refractivity contribution is 5.83. The molecule has 1 atom stereocenters. The second-order valence-corrected chi connectivity index (χ2v) is 7.66. The van der Waals surface area contributed by atoms with E-state index in [0.29, 0.717) is 6.54 Å². The average molecular weight is 351 g/mol. The average Bonchev–Trinajstić information content (AvgIpc) is 2.91. The predicted molar refractivity (Wildman–Crippen MR) is 97.0 cm³/mol. The van der Waals surface area contributed by atoms with Gasteiger partial charge < -0.3 is 9.84 Å². The summed E-state index contributed by atoms with van der Waals surface area (Å²) < 4.78 is 5.54. The van der Waals surface area contributed by atoms with Gasteiger partial charge in [-0.2, -0.15) is 0 Å². The van der Waals surface area contributed by atoms with E-state index in [0.717, 1.165) is 22.3 Å². The van der Waals surface area contributed by atoms with Crippen molar-refractivity contribution >= 4 is 12.1 Å². The molecule has 5 nitrogen and oxygen atoms in total. The molecule has 26 heavy (non-hydrogen) atoms. The summed E-state index contributed by atoms with van der Waals surface area (Å²) in [6, 6.07) is 15.4. The number of benzene rings is 2. The number of aliphatic carboxylic acids is 1. The third kappa shape index (κ3) is 2.46. The van der Waals surface area contributed by atoms with E-state index >= 15 is 0 Å². The Morgan fingerprint density at radius 1 is 1.08 bits per heavy atom. The van der Waals surface area contributed by atoms with Crippen LogP contribution in [0.15, 0.2) is 48.5 Å². The van der Waals surface area contributed by atoms with E-state index in [-0.39, 0.29) is 12.5 Å². The summed E-state index contributed by atoms with van der Waals surface area (Å²) in [5.74, 6) is -1.02. The summed E-state index contributed by atoms with van der Waals surface area (Å²) in [5.41, 5.74) is 4.17. The Morgan fingerprint density at radius 2 is 1.62 bits per heavy atom. The van der Waals surface area contributed by atoms with E-state index in [9.17, 15) is 14.7 Å². The van der Waals surface area contributed by atoms with Crippen LogP contribution in [0.5, 0.6) is 0 Å². The van der Waals surface area contributed by atoms with E-state index in [2.05, 4.69) is 24.3 Å². The number of hydrogen-bond donors (Lipinski definition) is 1. The Labute approximate surface area is 152 Å². The monoisotopic (exact) mass is 351 g/mol. The fraction of sp³-hybridized carbons (Fsp3) is 0.333. The second-order valence-electron chi connectivity index (χ2n) is 7.66. The third-order valence-electron chi connectivity index (χ3n) is 5.43. The summed E-state index contributed by atoms with van der Waals surface area (Å²) in [7, 11) is 0. The van der Waals surface area contributed by atoms with Gasteiger partial charge in [-0.3, -0.25) is 4.90 Å². The molecule has 0 radical (unpaired) electrons. The molecule has 1 heterocycles.